The summed E-state index contributed by atoms with van der Waals surface area (Å²) in [6.45, 7) is -0.933. The molecular formula is C15H12F2N4O2. The molecule has 0 spiro atoms. The first-order chi connectivity index (χ1) is 11.1. The highest BCUT2D eigenvalue weighted by Gasteiger charge is 2.23. The minimum absolute atomic E-state index is 0.0170. The molecular weight excluding hydrogens is 306 g/mol. The topological polar surface area (TPSA) is 79.1 Å². The predicted octanol–water partition coefficient (Wildman–Crippen LogP) is 2.76. The smallest absolute Gasteiger partial charge is 0.416 e. The molecule has 23 heavy (non-hydrogen) atoms. The first-order valence-corrected chi connectivity index (χ1v) is 6.58. The fourth-order valence-electron chi connectivity index (χ4n) is 1.72. The number of nitriles is 1. The standard InChI is InChI=1S/C15H12F2N4O2/c16-13(17)9-21(14-8-19-12(6-18)7-20-14)15(22)23-10-11-4-2-1-3-5-11/h1-5,7-8,13H,9-10H2. The molecule has 0 aliphatic heterocycles. The molecule has 0 fully saturated rings. The minimum Gasteiger partial charge on any atom is -0.444 e. The van der Waals surface area contributed by atoms with Crippen LogP contribution in [0.15, 0.2) is 42.7 Å². The molecule has 0 aliphatic rings. The van der Waals surface area contributed by atoms with Crippen molar-refractivity contribution in [2.24, 2.45) is 0 Å². The second-order valence-electron chi connectivity index (χ2n) is 4.41. The monoisotopic (exact) mass is 318 g/mol. The van der Waals surface area contributed by atoms with Crippen LogP contribution in [0.1, 0.15) is 11.3 Å². The Kier molecular flexibility index (Phi) is 5.52. The normalized spacial score (nSPS) is 10.2. The summed E-state index contributed by atoms with van der Waals surface area (Å²) in [5.74, 6) is -0.109. The molecule has 0 atom stereocenters. The van der Waals surface area contributed by atoms with E-state index in [1.165, 1.54) is 0 Å². The van der Waals surface area contributed by atoms with Crippen LogP contribution < -0.4 is 4.90 Å². The largest absolute Gasteiger partial charge is 0.444 e. The van der Waals surface area contributed by atoms with Crippen LogP contribution in [-0.2, 0) is 11.3 Å². The number of halogens is 2. The summed E-state index contributed by atoms with van der Waals surface area (Å²) >= 11 is 0. The highest BCUT2D eigenvalue weighted by atomic mass is 19.3. The molecule has 6 nitrogen and oxygen atoms in total. The number of ether oxygens (including phenoxy) is 1. The van der Waals surface area contributed by atoms with Crippen LogP contribution in [0.3, 0.4) is 0 Å². The number of carbonyl (C=O) groups excluding carboxylic acids is 1. The third-order valence-corrected chi connectivity index (χ3v) is 2.78. The van der Waals surface area contributed by atoms with Gasteiger partial charge in [0.05, 0.1) is 18.9 Å². The summed E-state index contributed by atoms with van der Waals surface area (Å²) in [7, 11) is 0. The van der Waals surface area contributed by atoms with Gasteiger partial charge in [-0.25, -0.2) is 23.5 Å². The Hall–Kier alpha value is -3.08. The van der Waals surface area contributed by atoms with Gasteiger partial charge in [-0.05, 0) is 5.56 Å². The molecule has 0 saturated heterocycles. The lowest BCUT2D eigenvalue weighted by Crippen LogP contribution is -2.36. The van der Waals surface area contributed by atoms with E-state index >= 15 is 0 Å². The van der Waals surface area contributed by atoms with Crippen LogP contribution in [0.2, 0.25) is 0 Å². The van der Waals surface area contributed by atoms with Crippen molar-refractivity contribution in [3.05, 3.63) is 54.0 Å². The molecule has 1 heterocycles. The highest BCUT2D eigenvalue weighted by molar-refractivity contribution is 5.86. The van der Waals surface area contributed by atoms with E-state index in [-0.39, 0.29) is 18.1 Å². The maximum atomic E-state index is 12.7. The second kappa shape index (κ2) is 7.79. The van der Waals surface area contributed by atoms with E-state index in [1.807, 2.05) is 0 Å². The first kappa shape index (κ1) is 16.3. The Bertz CT molecular complexity index is 687. The Morgan fingerprint density at radius 3 is 2.57 bits per heavy atom. The van der Waals surface area contributed by atoms with Gasteiger partial charge in [-0.3, -0.25) is 4.90 Å². The van der Waals surface area contributed by atoms with Gasteiger partial charge < -0.3 is 4.74 Å². The van der Waals surface area contributed by atoms with Gasteiger partial charge in [0.1, 0.15) is 12.7 Å². The molecule has 1 aromatic heterocycles. The number of alkyl halides is 2. The molecule has 0 bridgehead atoms. The number of rotatable bonds is 5. The van der Waals surface area contributed by atoms with Crippen LogP contribution >= 0.6 is 0 Å². The molecule has 1 amide bonds. The third kappa shape index (κ3) is 4.71. The molecule has 1 aromatic carbocycles. The van der Waals surface area contributed by atoms with Gasteiger partial charge in [0.15, 0.2) is 11.5 Å². The molecule has 0 aliphatic carbocycles. The van der Waals surface area contributed by atoms with E-state index < -0.39 is 19.1 Å². The molecule has 0 saturated carbocycles. The zero-order valence-corrected chi connectivity index (χ0v) is 11.9. The van der Waals surface area contributed by atoms with Crippen molar-refractivity contribution in [3.63, 3.8) is 0 Å². The highest BCUT2D eigenvalue weighted by Crippen LogP contribution is 2.14. The predicted molar refractivity (Wildman–Crippen MR) is 76.7 cm³/mol. The molecule has 2 aromatic rings. The molecule has 0 unspecified atom stereocenters. The van der Waals surface area contributed by atoms with Crippen molar-refractivity contribution in [1.29, 1.82) is 5.26 Å². The van der Waals surface area contributed by atoms with Crippen LogP contribution in [0.25, 0.3) is 0 Å². The van der Waals surface area contributed by atoms with Gasteiger partial charge >= 0.3 is 6.09 Å². The molecule has 0 radical (unpaired) electrons. The second-order valence-corrected chi connectivity index (χ2v) is 4.41. The number of anilines is 1. The Morgan fingerprint density at radius 2 is 2.00 bits per heavy atom. The Labute approximate surface area is 131 Å². The number of aromatic nitrogens is 2. The van der Waals surface area contributed by atoms with Gasteiger partial charge in [-0.15, -0.1) is 0 Å². The quantitative estimate of drug-likeness (QED) is 0.847. The number of hydrogen-bond acceptors (Lipinski definition) is 5. The first-order valence-electron chi connectivity index (χ1n) is 6.58. The summed E-state index contributed by atoms with van der Waals surface area (Å²) in [6, 6.07) is 10.6. The van der Waals surface area contributed by atoms with Gasteiger partial charge in [0, 0.05) is 0 Å². The van der Waals surface area contributed by atoms with Crippen molar-refractivity contribution >= 4 is 11.9 Å². The van der Waals surface area contributed by atoms with Crippen molar-refractivity contribution in [2.75, 3.05) is 11.4 Å². The average molecular weight is 318 g/mol. The lowest BCUT2D eigenvalue weighted by atomic mass is 10.2. The fourth-order valence-corrected chi connectivity index (χ4v) is 1.72. The summed E-state index contributed by atoms with van der Waals surface area (Å²) in [6.07, 6.45) is -1.56. The van der Waals surface area contributed by atoms with E-state index in [4.69, 9.17) is 10.00 Å². The molecule has 8 heteroatoms. The van der Waals surface area contributed by atoms with Crippen LogP contribution in [0, 0.1) is 11.3 Å². The SMILES string of the molecule is N#Cc1cnc(N(CC(F)F)C(=O)OCc2ccccc2)cn1. The Balaban J connectivity index is 2.10. The van der Waals surface area contributed by atoms with E-state index in [1.54, 1.807) is 36.4 Å². The lowest BCUT2D eigenvalue weighted by Gasteiger charge is -2.20. The molecule has 2 rings (SSSR count). The molecule has 0 N–H and O–H groups in total. The van der Waals surface area contributed by atoms with Crippen molar-refractivity contribution in [1.82, 2.24) is 9.97 Å². The van der Waals surface area contributed by atoms with Crippen molar-refractivity contribution in [2.45, 2.75) is 13.0 Å². The summed E-state index contributed by atoms with van der Waals surface area (Å²) in [5.41, 5.74) is 0.743. The number of benzene rings is 1. The minimum atomic E-state index is -2.77. The third-order valence-electron chi connectivity index (χ3n) is 2.78. The number of amides is 1. The van der Waals surface area contributed by atoms with Gasteiger partial charge in [0.25, 0.3) is 6.43 Å². The number of nitrogens with zero attached hydrogens (tertiary/aromatic N) is 4. The van der Waals surface area contributed by atoms with E-state index in [2.05, 4.69) is 9.97 Å². The summed E-state index contributed by atoms with van der Waals surface area (Å²) in [4.78, 5) is 20.2. The van der Waals surface area contributed by atoms with Crippen LogP contribution in [-0.4, -0.2) is 29.0 Å². The molecule has 118 valence electrons. The number of carbonyl (C=O) groups is 1. The summed E-state index contributed by atoms with van der Waals surface area (Å²) in [5, 5.41) is 8.65. The van der Waals surface area contributed by atoms with Crippen molar-refractivity contribution in [3.8, 4) is 6.07 Å². The van der Waals surface area contributed by atoms with E-state index in [0.29, 0.717) is 4.90 Å². The van der Waals surface area contributed by atoms with E-state index in [0.717, 1.165) is 18.0 Å². The van der Waals surface area contributed by atoms with Gasteiger partial charge in [-0.1, -0.05) is 30.3 Å². The maximum absolute atomic E-state index is 12.7. The zero-order valence-electron chi connectivity index (χ0n) is 11.9. The summed E-state index contributed by atoms with van der Waals surface area (Å²) < 4.78 is 30.4. The zero-order chi connectivity index (χ0) is 16.7. The van der Waals surface area contributed by atoms with Crippen LogP contribution in [0.5, 0.6) is 0 Å². The lowest BCUT2D eigenvalue weighted by molar-refractivity contribution is 0.127. The van der Waals surface area contributed by atoms with Crippen LogP contribution in [0.4, 0.5) is 19.4 Å². The number of hydrogen-bond donors (Lipinski definition) is 0. The Morgan fingerprint density at radius 1 is 1.26 bits per heavy atom. The van der Waals surface area contributed by atoms with E-state index in [9.17, 15) is 13.6 Å². The van der Waals surface area contributed by atoms with Crippen molar-refractivity contribution < 1.29 is 18.3 Å². The average Bonchev–Trinajstić information content (AvgIpc) is 2.58. The maximum Gasteiger partial charge on any atom is 0.416 e. The van der Waals surface area contributed by atoms with Gasteiger partial charge in [-0.2, -0.15) is 5.26 Å². The van der Waals surface area contributed by atoms with Gasteiger partial charge in [0.2, 0.25) is 0 Å². The fraction of sp³-hybridized carbons (Fsp3) is 0.200.